The molecular formula is C29H33ClN4O4. The van der Waals surface area contributed by atoms with Gasteiger partial charge in [-0.25, -0.2) is 0 Å². The van der Waals surface area contributed by atoms with E-state index in [2.05, 4.69) is 20.9 Å². The minimum atomic E-state index is -1.14. The van der Waals surface area contributed by atoms with E-state index in [0.29, 0.717) is 53.8 Å². The SMILES string of the molecule is C[C@H](O)COc1ccc(N2CCN(C[C@@](C)(O)c3ccc(CO)nc3)C[C@H]2c2ccc(Cl)cc2)c(C#N)c1. The van der Waals surface area contributed by atoms with Gasteiger partial charge in [-0.05, 0) is 55.8 Å². The number of anilines is 1. The molecule has 3 atom stereocenters. The topological polar surface area (TPSA) is 113 Å². The van der Waals surface area contributed by atoms with Crippen molar-refractivity contribution < 1.29 is 20.1 Å². The largest absolute Gasteiger partial charge is 0.491 e. The van der Waals surface area contributed by atoms with Gasteiger partial charge < -0.3 is 25.0 Å². The van der Waals surface area contributed by atoms with Crippen molar-refractivity contribution in [3.63, 3.8) is 0 Å². The lowest BCUT2D eigenvalue weighted by molar-refractivity contribution is 0.00996. The van der Waals surface area contributed by atoms with E-state index in [1.54, 1.807) is 38.2 Å². The van der Waals surface area contributed by atoms with Crippen LogP contribution in [0.5, 0.6) is 5.75 Å². The fourth-order valence-electron chi connectivity index (χ4n) is 4.77. The van der Waals surface area contributed by atoms with Crippen LogP contribution in [0, 0.1) is 11.3 Å². The number of pyridine rings is 1. The van der Waals surface area contributed by atoms with Gasteiger partial charge in [-0.15, -0.1) is 0 Å². The number of benzene rings is 2. The number of rotatable bonds is 9. The Bertz CT molecular complexity index is 1260. The molecule has 0 unspecified atom stereocenters. The van der Waals surface area contributed by atoms with Gasteiger partial charge in [0.2, 0.25) is 0 Å². The Kier molecular flexibility index (Phi) is 8.87. The van der Waals surface area contributed by atoms with Gasteiger partial charge >= 0.3 is 0 Å². The van der Waals surface area contributed by atoms with Crippen LogP contribution in [0.3, 0.4) is 0 Å². The number of nitriles is 1. The Labute approximate surface area is 228 Å². The number of ether oxygens (including phenoxy) is 1. The predicted octanol–water partition coefficient (Wildman–Crippen LogP) is 3.63. The molecule has 0 aliphatic carbocycles. The molecule has 200 valence electrons. The summed E-state index contributed by atoms with van der Waals surface area (Å²) in [5, 5.41) is 40.7. The summed E-state index contributed by atoms with van der Waals surface area (Å²) < 4.78 is 5.62. The second-order valence-electron chi connectivity index (χ2n) is 9.92. The van der Waals surface area contributed by atoms with E-state index in [0.717, 1.165) is 11.3 Å². The van der Waals surface area contributed by atoms with Crippen molar-refractivity contribution in [3.05, 3.63) is 88.2 Å². The molecule has 0 bridgehead atoms. The molecule has 0 amide bonds. The number of β-amino-alcohol motifs (C(OH)–C–C–N with tert-alkyl or cyclic N) is 1. The Morgan fingerprint density at radius 1 is 1.18 bits per heavy atom. The second-order valence-corrected chi connectivity index (χ2v) is 10.4. The number of piperazine rings is 1. The molecule has 0 spiro atoms. The van der Waals surface area contributed by atoms with Crippen molar-refractivity contribution in [2.45, 2.75) is 38.2 Å². The maximum atomic E-state index is 11.3. The van der Waals surface area contributed by atoms with Crippen LogP contribution < -0.4 is 9.64 Å². The summed E-state index contributed by atoms with van der Waals surface area (Å²) in [6.45, 7) is 5.73. The number of aliphatic hydroxyl groups excluding tert-OH is 2. The molecule has 1 saturated heterocycles. The maximum Gasteiger partial charge on any atom is 0.120 e. The molecule has 0 saturated carbocycles. The van der Waals surface area contributed by atoms with Crippen molar-refractivity contribution in [2.24, 2.45) is 0 Å². The normalized spacial score (nSPS) is 18.4. The Balaban J connectivity index is 1.60. The van der Waals surface area contributed by atoms with Crippen LogP contribution in [0.2, 0.25) is 5.02 Å². The van der Waals surface area contributed by atoms with Crippen LogP contribution in [0.15, 0.2) is 60.8 Å². The van der Waals surface area contributed by atoms with Crippen LogP contribution in [-0.2, 0) is 12.2 Å². The number of hydrogen-bond acceptors (Lipinski definition) is 8. The first-order valence-electron chi connectivity index (χ1n) is 12.6. The third-order valence-corrected chi connectivity index (χ3v) is 7.00. The van der Waals surface area contributed by atoms with Gasteiger partial charge in [-0.2, -0.15) is 5.26 Å². The van der Waals surface area contributed by atoms with Crippen LogP contribution in [0.4, 0.5) is 5.69 Å². The molecule has 3 aromatic rings. The standard InChI is InChI=1S/C29H33ClN4O4/c1-20(36)18-38-26-9-10-27(22(13-26)14-31)34-12-11-33(16-28(34)21-3-6-24(30)7-4-21)19-29(2,37)23-5-8-25(17-35)32-15-23/h3-10,13,15,20,28,35-37H,11-12,16-19H2,1-2H3/t20-,28-,29+/m0/s1. The lowest BCUT2D eigenvalue weighted by Gasteiger charge is -2.45. The summed E-state index contributed by atoms with van der Waals surface area (Å²) in [7, 11) is 0. The highest BCUT2D eigenvalue weighted by molar-refractivity contribution is 6.30. The number of hydrogen-bond donors (Lipinski definition) is 3. The van der Waals surface area contributed by atoms with E-state index >= 15 is 0 Å². The maximum absolute atomic E-state index is 11.3. The highest BCUT2D eigenvalue weighted by Crippen LogP contribution is 2.36. The molecule has 3 N–H and O–H groups in total. The monoisotopic (exact) mass is 536 g/mol. The molecule has 8 nitrogen and oxygen atoms in total. The van der Waals surface area contributed by atoms with Crippen LogP contribution in [0.25, 0.3) is 0 Å². The Hall–Kier alpha value is -3.19. The molecule has 2 heterocycles. The highest BCUT2D eigenvalue weighted by Gasteiger charge is 2.34. The fourth-order valence-corrected chi connectivity index (χ4v) is 4.89. The quantitative estimate of drug-likeness (QED) is 0.380. The number of aromatic nitrogens is 1. The summed E-state index contributed by atoms with van der Waals surface area (Å²) in [4.78, 5) is 8.65. The van der Waals surface area contributed by atoms with Gasteiger partial charge in [0.05, 0.1) is 35.7 Å². The molecule has 1 fully saturated rings. The predicted molar refractivity (Wildman–Crippen MR) is 146 cm³/mol. The van der Waals surface area contributed by atoms with Crippen molar-refractivity contribution in [1.29, 1.82) is 5.26 Å². The summed E-state index contributed by atoms with van der Waals surface area (Å²) >= 11 is 6.17. The van der Waals surface area contributed by atoms with Gasteiger partial charge in [-0.1, -0.05) is 29.8 Å². The minimum Gasteiger partial charge on any atom is -0.491 e. The van der Waals surface area contributed by atoms with E-state index in [9.17, 15) is 20.6 Å². The van der Waals surface area contributed by atoms with E-state index in [1.807, 2.05) is 36.4 Å². The molecule has 0 radical (unpaired) electrons. The van der Waals surface area contributed by atoms with Crippen molar-refractivity contribution in [3.8, 4) is 11.8 Å². The van der Waals surface area contributed by atoms with E-state index in [4.69, 9.17) is 16.3 Å². The van der Waals surface area contributed by atoms with Crippen LogP contribution >= 0.6 is 11.6 Å². The first-order chi connectivity index (χ1) is 18.2. The smallest absolute Gasteiger partial charge is 0.120 e. The highest BCUT2D eigenvalue weighted by atomic mass is 35.5. The third-order valence-electron chi connectivity index (χ3n) is 6.75. The molecule has 1 aromatic heterocycles. The van der Waals surface area contributed by atoms with Gasteiger partial charge in [0, 0.05) is 43.0 Å². The molecule has 9 heteroatoms. The lowest BCUT2D eigenvalue weighted by atomic mass is 9.94. The van der Waals surface area contributed by atoms with Gasteiger partial charge in [0.1, 0.15) is 24.0 Å². The molecule has 38 heavy (non-hydrogen) atoms. The van der Waals surface area contributed by atoms with E-state index in [-0.39, 0.29) is 19.3 Å². The number of aliphatic hydroxyl groups is 3. The summed E-state index contributed by atoms with van der Waals surface area (Å²) in [5.41, 5.74) is 2.42. The molecular weight excluding hydrogens is 504 g/mol. The number of nitrogens with zero attached hydrogens (tertiary/aromatic N) is 4. The average molecular weight is 537 g/mol. The average Bonchev–Trinajstić information content (AvgIpc) is 2.92. The van der Waals surface area contributed by atoms with E-state index in [1.165, 1.54) is 0 Å². The Morgan fingerprint density at radius 2 is 1.95 bits per heavy atom. The lowest BCUT2D eigenvalue weighted by Crippen LogP contribution is -2.52. The first-order valence-corrected chi connectivity index (χ1v) is 13.0. The summed E-state index contributed by atoms with van der Waals surface area (Å²) in [6.07, 6.45) is 1.00. The van der Waals surface area contributed by atoms with Crippen molar-refractivity contribution in [1.82, 2.24) is 9.88 Å². The Morgan fingerprint density at radius 3 is 2.58 bits per heavy atom. The summed E-state index contributed by atoms with van der Waals surface area (Å²) in [6, 6.07) is 18.8. The second kappa shape index (κ2) is 12.1. The van der Waals surface area contributed by atoms with E-state index < -0.39 is 11.7 Å². The van der Waals surface area contributed by atoms with Crippen LogP contribution in [-0.4, -0.2) is 64.1 Å². The zero-order valence-corrected chi connectivity index (χ0v) is 22.3. The molecule has 4 rings (SSSR count). The number of halogens is 1. The van der Waals surface area contributed by atoms with Gasteiger partial charge in [0.25, 0.3) is 0 Å². The van der Waals surface area contributed by atoms with Crippen LogP contribution in [0.1, 0.15) is 42.3 Å². The zero-order valence-electron chi connectivity index (χ0n) is 21.6. The fraction of sp³-hybridized carbons (Fsp3) is 0.379. The third kappa shape index (κ3) is 6.62. The zero-order chi connectivity index (χ0) is 27.3. The van der Waals surface area contributed by atoms with Crippen molar-refractivity contribution >= 4 is 17.3 Å². The van der Waals surface area contributed by atoms with Crippen molar-refractivity contribution in [2.75, 3.05) is 37.7 Å². The van der Waals surface area contributed by atoms with Gasteiger partial charge in [-0.3, -0.25) is 9.88 Å². The molecule has 1 aliphatic rings. The first kappa shape index (κ1) is 27.8. The molecule has 2 aromatic carbocycles. The molecule has 1 aliphatic heterocycles. The summed E-state index contributed by atoms with van der Waals surface area (Å²) in [5.74, 6) is 0.532. The van der Waals surface area contributed by atoms with Gasteiger partial charge in [0.15, 0.2) is 0 Å². The minimum absolute atomic E-state index is 0.0944.